The van der Waals surface area contributed by atoms with E-state index in [0.29, 0.717) is 0 Å². The van der Waals surface area contributed by atoms with Crippen LogP contribution in [0.25, 0.3) is 0 Å². The highest BCUT2D eigenvalue weighted by Gasteiger charge is 2.17. The van der Waals surface area contributed by atoms with Gasteiger partial charge in [-0.2, -0.15) is 0 Å². The van der Waals surface area contributed by atoms with Crippen molar-refractivity contribution < 1.29 is 5.11 Å². The molecule has 0 fully saturated rings. The summed E-state index contributed by atoms with van der Waals surface area (Å²) >= 11 is 3.26. The maximum absolute atomic E-state index is 9.83. The molecule has 13 heavy (non-hydrogen) atoms. The number of halogens is 1. The lowest BCUT2D eigenvalue weighted by Gasteiger charge is -2.17. The van der Waals surface area contributed by atoms with Crippen LogP contribution >= 0.6 is 15.9 Å². The largest absolute Gasteiger partial charge is 0.388 e. The summed E-state index contributed by atoms with van der Waals surface area (Å²) < 4.78 is 0.795. The average Bonchev–Trinajstić information content (AvgIpc) is 2.17. The molecule has 2 atom stereocenters. The van der Waals surface area contributed by atoms with E-state index in [9.17, 15) is 5.11 Å². The Hall–Kier alpha value is -0.670. The molecule has 1 aromatic rings. The lowest BCUT2D eigenvalue weighted by Crippen LogP contribution is -2.08. The highest BCUT2D eigenvalue weighted by Crippen LogP contribution is 2.28. The van der Waals surface area contributed by atoms with Crippen LogP contribution < -0.4 is 0 Å². The van der Waals surface area contributed by atoms with E-state index in [1.54, 1.807) is 12.4 Å². The zero-order chi connectivity index (χ0) is 9.84. The van der Waals surface area contributed by atoms with Gasteiger partial charge in [0.25, 0.3) is 0 Å². The van der Waals surface area contributed by atoms with Gasteiger partial charge in [0.05, 0.1) is 6.10 Å². The van der Waals surface area contributed by atoms with E-state index in [2.05, 4.69) is 27.5 Å². The molecule has 0 aliphatic rings. The summed E-state index contributed by atoms with van der Waals surface area (Å²) in [6, 6.07) is 3.66. The Morgan fingerprint density at radius 3 is 2.85 bits per heavy atom. The topological polar surface area (TPSA) is 33.1 Å². The lowest BCUT2D eigenvalue weighted by atomic mass is 9.99. The highest BCUT2D eigenvalue weighted by atomic mass is 79.9. The first-order valence-corrected chi connectivity index (χ1v) is 4.84. The molecule has 0 saturated carbocycles. The molecule has 3 heteroatoms. The quantitative estimate of drug-likeness (QED) is 0.883. The Balaban J connectivity index is 2.79. The first kappa shape index (κ1) is 10.4. The van der Waals surface area contributed by atoms with Crippen molar-refractivity contribution in [3.8, 4) is 0 Å². The van der Waals surface area contributed by atoms with Gasteiger partial charge in [-0.1, -0.05) is 35.5 Å². The number of aromatic nitrogens is 1. The van der Waals surface area contributed by atoms with Crippen LogP contribution in [0.2, 0.25) is 0 Å². The molecule has 0 spiro atoms. The number of pyridine rings is 1. The Kier molecular flexibility index (Phi) is 3.63. The summed E-state index contributed by atoms with van der Waals surface area (Å²) in [6.07, 6.45) is 2.81. The summed E-state index contributed by atoms with van der Waals surface area (Å²) in [5.41, 5.74) is 0.815. The number of nitrogens with zero attached hydrogens (tertiary/aromatic N) is 1. The first-order chi connectivity index (χ1) is 6.13. The molecule has 1 heterocycles. The standard InChI is InChI=1S/C10H12BrNO/c1-7(8(2)11)10(13)9-4-3-5-12-6-9/h3-7,10,13H,2H2,1H3/t7-,10+/m0/s1. The fraction of sp³-hybridized carbons (Fsp3) is 0.300. The maximum Gasteiger partial charge on any atom is 0.0875 e. The van der Waals surface area contributed by atoms with Crippen molar-refractivity contribution in [1.82, 2.24) is 4.98 Å². The van der Waals surface area contributed by atoms with E-state index < -0.39 is 6.10 Å². The molecule has 1 N–H and O–H groups in total. The number of aliphatic hydroxyl groups is 1. The second-order valence-electron chi connectivity index (χ2n) is 2.97. The zero-order valence-corrected chi connectivity index (χ0v) is 9.03. The van der Waals surface area contributed by atoms with E-state index in [-0.39, 0.29) is 5.92 Å². The second-order valence-corrected chi connectivity index (χ2v) is 3.99. The third-order valence-corrected chi connectivity index (χ3v) is 2.72. The van der Waals surface area contributed by atoms with Crippen LogP contribution in [0.1, 0.15) is 18.6 Å². The summed E-state index contributed by atoms with van der Waals surface area (Å²) in [7, 11) is 0. The van der Waals surface area contributed by atoms with Crippen molar-refractivity contribution in [3.63, 3.8) is 0 Å². The Morgan fingerprint density at radius 2 is 2.38 bits per heavy atom. The molecule has 0 unspecified atom stereocenters. The average molecular weight is 242 g/mol. The van der Waals surface area contributed by atoms with Gasteiger partial charge in [-0.3, -0.25) is 4.98 Å². The minimum atomic E-state index is -0.541. The molecule has 0 bridgehead atoms. The van der Waals surface area contributed by atoms with E-state index in [1.165, 1.54) is 0 Å². The minimum absolute atomic E-state index is 0.0100. The van der Waals surface area contributed by atoms with Gasteiger partial charge in [-0.15, -0.1) is 0 Å². The van der Waals surface area contributed by atoms with Gasteiger partial charge in [-0.05, 0) is 16.1 Å². The highest BCUT2D eigenvalue weighted by molar-refractivity contribution is 9.11. The van der Waals surface area contributed by atoms with Gasteiger partial charge < -0.3 is 5.11 Å². The van der Waals surface area contributed by atoms with Gasteiger partial charge in [0, 0.05) is 18.3 Å². The Bertz CT molecular complexity index is 286. The number of aliphatic hydroxyl groups excluding tert-OH is 1. The molecule has 0 saturated heterocycles. The number of rotatable bonds is 3. The van der Waals surface area contributed by atoms with Gasteiger partial charge in [0.2, 0.25) is 0 Å². The van der Waals surface area contributed by atoms with Crippen molar-refractivity contribution in [2.45, 2.75) is 13.0 Å². The summed E-state index contributed by atoms with van der Waals surface area (Å²) in [4.78, 5) is 3.94. The number of hydrogen-bond donors (Lipinski definition) is 1. The first-order valence-electron chi connectivity index (χ1n) is 4.05. The third-order valence-electron chi connectivity index (χ3n) is 1.99. The van der Waals surface area contributed by atoms with Crippen LogP contribution in [0.5, 0.6) is 0 Å². The molecule has 0 radical (unpaired) electrons. The predicted octanol–water partition coefficient (Wildman–Crippen LogP) is 2.66. The van der Waals surface area contributed by atoms with Gasteiger partial charge in [0.15, 0.2) is 0 Å². The fourth-order valence-electron chi connectivity index (χ4n) is 1.01. The smallest absolute Gasteiger partial charge is 0.0875 e. The van der Waals surface area contributed by atoms with E-state index >= 15 is 0 Å². The molecule has 0 aromatic carbocycles. The lowest BCUT2D eigenvalue weighted by molar-refractivity contribution is 0.138. The summed E-state index contributed by atoms with van der Waals surface area (Å²) in [6.45, 7) is 5.65. The minimum Gasteiger partial charge on any atom is -0.388 e. The normalized spacial score (nSPS) is 15.0. The van der Waals surface area contributed by atoms with E-state index in [4.69, 9.17) is 0 Å². The fourth-order valence-corrected chi connectivity index (χ4v) is 1.26. The van der Waals surface area contributed by atoms with Crippen LogP contribution in [0.15, 0.2) is 35.6 Å². The SMILES string of the molecule is C=C(Br)[C@H](C)[C@@H](O)c1cccnc1. The van der Waals surface area contributed by atoms with E-state index in [0.717, 1.165) is 10.0 Å². The molecule has 0 aliphatic carbocycles. The molecule has 0 amide bonds. The molecule has 1 aromatic heterocycles. The van der Waals surface area contributed by atoms with Crippen molar-refractivity contribution in [1.29, 1.82) is 0 Å². The Morgan fingerprint density at radius 1 is 1.69 bits per heavy atom. The maximum atomic E-state index is 9.83. The predicted molar refractivity (Wildman–Crippen MR) is 56.4 cm³/mol. The molecule has 70 valence electrons. The van der Waals surface area contributed by atoms with Gasteiger partial charge >= 0.3 is 0 Å². The third kappa shape index (κ3) is 2.64. The molecule has 0 aliphatic heterocycles. The van der Waals surface area contributed by atoms with E-state index in [1.807, 2.05) is 19.1 Å². The van der Waals surface area contributed by atoms with Crippen LogP contribution in [-0.2, 0) is 0 Å². The van der Waals surface area contributed by atoms with Gasteiger partial charge in [0.1, 0.15) is 0 Å². The summed E-state index contributed by atoms with van der Waals surface area (Å²) in [5, 5.41) is 9.83. The zero-order valence-electron chi connectivity index (χ0n) is 7.44. The summed E-state index contributed by atoms with van der Waals surface area (Å²) in [5.74, 6) is -0.0100. The Labute approximate surface area is 86.4 Å². The van der Waals surface area contributed by atoms with Crippen LogP contribution in [0.3, 0.4) is 0 Å². The molecule has 1 rings (SSSR count). The number of hydrogen-bond acceptors (Lipinski definition) is 2. The second kappa shape index (κ2) is 4.53. The van der Waals surface area contributed by atoms with Crippen LogP contribution in [-0.4, -0.2) is 10.1 Å². The van der Waals surface area contributed by atoms with Crippen molar-refractivity contribution in [3.05, 3.63) is 41.2 Å². The monoisotopic (exact) mass is 241 g/mol. The van der Waals surface area contributed by atoms with Crippen LogP contribution in [0.4, 0.5) is 0 Å². The molecular weight excluding hydrogens is 230 g/mol. The molecule has 2 nitrogen and oxygen atoms in total. The van der Waals surface area contributed by atoms with Crippen molar-refractivity contribution in [2.24, 2.45) is 5.92 Å². The van der Waals surface area contributed by atoms with Crippen LogP contribution in [0, 0.1) is 5.92 Å². The van der Waals surface area contributed by atoms with Gasteiger partial charge in [-0.25, -0.2) is 0 Å². The van der Waals surface area contributed by atoms with Crippen molar-refractivity contribution >= 4 is 15.9 Å². The van der Waals surface area contributed by atoms with Crippen molar-refractivity contribution in [2.75, 3.05) is 0 Å². The molecular formula is C10H12BrNO.